The number of hydrogen-bond donors (Lipinski definition) is 0. The SMILES string of the molecule is Cc1ccc(C(=O)C2(C)CCCCO2)c(F)c1F. The van der Waals surface area contributed by atoms with Gasteiger partial charge in [-0.2, -0.15) is 0 Å². The summed E-state index contributed by atoms with van der Waals surface area (Å²) in [5.41, 5.74) is -1.05. The maximum absolute atomic E-state index is 13.8. The van der Waals surface area contributed by atoms with Crippen molar-refractivity contribution in [2.24, 2.45) is 0 Å². The van der Waals surface area contributed by atoms with Gasteiger partial charge in [-0.15, -0.1) is 0 Å². The summed E-state index contributed by atoms with van der Waals surface area (Å²) < 4.78 is 32.7. The zero-order valence-electron chi connectivity index (χ0n) is 10.6. The van der Waals surface area contributed by atoms with Crippen molar-refractivity contribution < 1.29 is 18.3 Å². The molecule has 2 nitrogen and oxygen atoms in total. The van der Waals surface area contributed by atoms with E-state index in [1.54, 1.807) is 6.92 Å². The summed E-state index contributed by atoms with van der Waals surface area (Å²) in [6.07, 6.45) is 2.30. The van der Waals surface area contributed by atoms with Gasteiger partial charge in [-0.05, 0) is 44.7 Å². The highest BCUT2D eigenvalue weighted by Gasteiger charge is 2.38. The Labute approximate surface area is 105 Å². The molecule has 1 fully saturated rings. The molecule has 1 aromatic carbocycles. The van der Waals surface area contributed by atoms with Crippen LogP contribution in [0, 0.1) is 18.6 Å². The Morgan fingerprint density at radius 3 is 2.61 bits per heavy atom. The normalized spacial score (nSPS) is 24.0. The molecular weight excluding hydrogens is 238 g/mol. The molecular formula is C14H16F2O2. The molecule has 0 N–H and O–H groups in total. The number of Topliss-reactive ketones (excluding diaryl/α,β-unsaturated/α-hetero) is 1. The number of halogens is 2. The Morgan fingerprint density at radius 1 is 1.28 bits per heavy atom. The number of benzene rings is 1. The standard InChI is InChI=1S/C14H16F2O2/c1-9-5-6-10(12(16)11(9)15)13(17)14(2)7-3-4-8-18-14/h5-6H,3-4,7-8H2,1-2H3. The molecule has 0 radical (unpaired) electrons. The van der Waals surface area contributed by atoms with E-state index in [4.69, 9.17) is 4.74 Å². The third-order valence-corrected chi connectivity index (χ3v) is 3.47. The van der Waals surface area contributed by atoms with E-state index in [-0.39, 0.29) is 11.1 Å². The maximum atomic E-state index is 13.8. The number of rotatable bonds is 2. The molecule has 0 amide bonds. The second-order valence-corrected chi connectivity index (χ2v) is 4.92. The summed E-state index contributed by atoms with van der Waals surface area (Å²) in [5.74, 6) is -2.51. The van der Waals surface area contributed by atoms with Crippen molar-refractivity contribution in [3.05, 3.63) is 34.9 Å². The quantitative estimate of drug-likeness (QED) is 0.756. The number of hydrogen-bond acceptors (Lipinski definition) is 2. The third kappa shape index (κ3) is 2.17. The molecule has 4 heteroatoms. The van der Waals surface area contributed by atoms with Crippen LogP contribution in [0.15, 0.2) is 12.1 Å². The fraction of sp³-hybridized carbons (Fsp3) is 0.500. The molecule has 98 valence electrons. The van der Waals surface area contributed by atoms with E-state index in [9.17, 15) is 13.6 Å². The molecule has 1 aliphatic rings. The molecule has 1 aliphatic heterocycles. The lowest BCUT2D eigenvalue weighted by Crippen LogP contribution is -2.41. The fourth-order valence-corrected chi connectivity index (χ4v) is 2.22. The molecule has 0 saturated carbocycles. The molecule has 1 unspecified atom stereocenters. The minimum Gasteiger partial charge on any atom is -0.367 e. The summed E-state index contributed by atoms with van der Waals surface area (Å²) in [5, 5.41) is 0. The first-order valence-electron chi connectivity index (χ1n) is 6.09. The number of aryl methyl sites for hydroxylation is 1. The Bertz CT molecular complexity index is 477. The first-order chi connectivity index (χ1) is 8.46. The van der Waals surface area contributed by atoms with Crippen LogP contribution < -0.4 is 0 Å². The van der Waals surface area contributed by atoms with Gasteiger partial charge in [0, 0.05) is 6.61 Å². The second kappa shape index (κ2) is 4.76. The van der Waals surface area contributed by atoms with E-state index in [1.165, 1.54) is 19.1 Å². The average molecular weight is 254 g/mol. The summed E-state index contributed by atoms with van der Waals surface area (Å²) in [7, 11) is 0. The number of carbonyl (C=O) groups excluding carboxylic acids is 1. The van der Waals surface area contributed by atoms with Gasteiger partial charge in [0.25, 0.3) is 0 Å². The average Bonchev–Trinajstić information content (AvgIpc) is 2.36. The predicted molar refractivity (Wildman–Crippen MR) is 63.6 cm³/mol. The van der Waals surface area contributed by atoms with Crippen LogP contribution in [0.25, 0.3) is 0 Å². The van der Waals surface area contributed by atoms with Gasteiger partial charge >= 0.3 is 0 Å². The molecule has 0 aromatic heterocycles. The number of carbonyl (C=O) groups is 1. The monoisotopic (exact) mass is 254 g/mol. The van der Waals surface area contributed by atoms with Crippen molar-refractivity contribution in [2.45, 2.75) is 38.7 Å². The fourth-order valence-electron chi connectivity index (χ4n) is 2.22. The molecule has 2 rings (SSSR count). The van der Waals surface area contributed by atoms with Gasteiger partial charge in [0.05, 0.1) is 5.56 Å². The van der Waals surface area contributed by atoms with Gasteiger partial charge in [0.1, 0.15) is 5.60 Å². The highest BCUT2D eigenvalue weighted by Crippen LogP contribution is 2.30. The van der Waals surface area contributed by atoms with Crippen molar-refractivity contribution in [1.29, 1.82) is 0 Å². The predicted octanol–water partition coefficient (Wildman–Crippen LogP) is 3.42. The Morgan fingerprint density at radius 2 is 2.00 bits per heavy atom. The molecule has 1 saturated heterocycles. The Balaban J connectivity index is 2.37. The molecule has 1 atom stereocenters. The number of ketones is 1. The van der Waals surface area contributed by atoms with Crippen LogP contribution in [0.5, 0.6) is 0 Å². The lowest BCUT2D eigenvalue weighted by molar-refractivity contribution is -0.0428. The van der Waals surface area contributed by atoms with Crippen molar-refractivity contribution in [3.63, 3.8) is 0 Å². The first-order valence-corrected chi connectivity index (χ1v) is 6.09. The van der Waals surface area contributed by atoms with E-state index in [0.29, 0.717) is 13.0 Å². The van der Waals surface area contributed by atoms with Crippen LogP contribution in [0.1, 0.15) is 42.1 Å². The summed E-state index contributed by atoms with van der Waals surface area (Å²) in [4.78, 5) is 12.3. The van der Waals surface area contributed by atoms with Crippen molar-refractivity contribution in [2.75, 3.05) is 6.61 Å². The highest BCUT2D eigenvalue weighted by atomic mass is 19.2. The van der Waals surface area contributed by atoms with Crippen LogP contribution in [-0.4, -0.2) is 18.0 Å². The van der Waals surface area contributed by atoms with E-state index in [1.807, 2.05) is 0 Å². The topological polar surface area (TPSA) is 26.3 Å². The minimum absolute atomic E-state index is 0.193. The summed E-state index contributed by atoms with van der Waals surface area (Å²) >= 11 is 0. The van der Waals surface area contributed by atoms with Gasteiger partial charge in [0.2, 0.25) is 0 Å². The van der Waals surface area contributed by atoms with Crippen molar-refractivity contribution in [1.82, 2.24) is 0 Å². The van der Waals surface area contributed by atoms with E-state index in [0.717, 1.165) is 12.8 Å². The van der Waals surface area contributed by atoms with Crippen LogP contribution in [0.4, 0.5) is 8.78 Å². The smallest absolute Gasteiger partial charge is 0.197 e. The zero-order valence-corrected chi connectivity index (χ0v) is 10.6. The van der Waals surface area contributed by atoms with Crippen LogP contribution in [0.2, 0.25) is 0 Å². The molecule has 0 bridgehead atoms. The third-order valence-electron chi connectivity index (χ3n) is 3.47. The lowest BCUT2D eigenvalue weighted by atomic mass is 9.87. The highest BCUT2D eigenvalue weighted by molar-refractivity contribution is 6.02. The Hall–Kier alpha value is -1.29. The Kier molecular flexibility index (Phi) is 3.48. The summed E-state index contributed by atoms with van der Waals surface area (Å²) in [6.45, 7) is 3.59. The van der Waals surface area contributed by atoms with E-state index >= 15 is 0 Å². The van der Waals surface area contributed by atoms with Gasteiger partial charge in [-0.25, -0.2) is 8.78 Å². The maximum Gasteiger partial charge on any atom is 0.197 e. The first kappa shape index (κ1) is 13.1. The molecule has 0 aliphatic carbocycles. The molecule has 18 heavy (non-hydrogen) atoms. The molecule has 1 heterocycles. The van der Waals surface area contributed by atoms with E-state index in [2.05, 4.69) is 0 Å². The van der Waals surface area contributed by atoms with Crippen molar-refractivity contribution in [3.8, 4) is 0 Å². The van der Waals surface area contributed by atoms with E-state index < -0.39 is 23.0 Å². The largest absolute Gasteiger partial charge is 0.367 e. The van der Waals surface area contributed by atoms with Crippen LogP contribution >= 0.6 is 0 Å². The van der Waals surface area contributed by atoms with Gasteiger partial charge < -0.3 is 4.74 Å². The molecule has 0 spiro atoms. The van der Waals surface area contributed by atoms with Crippen molar-refractivity contribution >= 4 is 5.78 Å². The van der Waals surface area contributed by atoms with Gasteiger partial charge in [-0.1, -0.05) is 6.07 Å². The lowest BCUT2D eigenvalue weighted by Gasteiger charge is -2.32. The molecule has 1 aromatic rings. The summed E-state index contributed by atoms with van der Waals surface area (Å²) in [6, 6.07) is 2.75. The second-order valence-electron chi connectivity index (χ2n) is 4.92. The van der Waals surface area contributed by atoms with Crippen LogP contribution in [-0.2, 0) is 4.74 Å². The zero-order chi connectivity index (χ0) is 13.3. The van der Waals surface area contributed by atoms with Crippen LogP contribution in [0.3, 0.4) is 0 Å². The van der Waals surface area contributed by atoms with Gasteiger partial charge in [0.15, 0.2) is 17.4 Å². The van der Waals surface area contributed by atoms with Gasteiger partial charge in [-0.3, -0.25) is 4.79 Å². The number of ether oxygens (including phenoxy) is 1. The minimum atomic E-state index is -1.07.